The average molecular weight is 208 g/mol. The van der Waals surface area contributed by atoms with Crippen LogP contribution in [0.3, 0.4) is 0 Å². The normalized spacial score (nSPS) is 12.9. The quantitative estimate of drug-likeness (QED) is 0.793. The molecule has 2 aromatic rings. The Hall–Kier alpha value is -1.39. The zero-order chi connectivity index (χ0) is 10.1. The highest BCUT2D eigenvalue weighted by molar-refractivity contribution is 7.19. The number of thiophene rings is 1. The molecule has 0 bridgehead atoms. The van der Waals surface area contributed by atoms with Crippen molar-refractivity contribution >= 4 is 27.4 Å². The minimum Gasteiger partial charge on any atom is -0.479 e. The second-order valence-corrected chi connectivity index (χ2v) is 4.04. The average Bonchev–Trinajstić information content (AvgIpc) is 2.59. The summed E-state index contributed by atoms with van der Waals surface area (Å²) >= 11 is 1.30. The molecule has 14 heavy (non-hydrogen) atoms. The topological polar surface area (TPSA) is 57.5 Å². The largest absolute Gasteiger partial charge is 0.479 e. The number of aliphatic hydroxyl groups excluding tert-OH is 1. The minimum atomic E-state index is -1.41. The molecule has 4 heteroatoms. The number of hydrogen-bond donors (Lipinski definition) is 2. The van der Waals surface area contributed by atoms with Gasteiger partial charge in [0.05, 0.1) is 0 Å². The van der Waals surface area contributed by atoms with Gasteiger partial charge in [-0.1, -0.05) is 18.2 Å². The van der Waals surface area contributed by atoms with Gasteiger partial charge in [-0.25, -0.2) is 4.79 Å². The number of hydrogen-bond acceptors (Lipinski definition) is 3. The van der Waals surface area contributed by atoms with Gasteiger partial charge in [0.25, 0.3) is 0 Å². The highest BCUT2D eigenvalue weighted by Crippen LogP contribution is 2.29. The van der Waals surface area contributed by atoms with E-state index in [9.17, 15) is 9.90 Å². The van der Waals surface area contributed by atoms with Crippen LogP contribution in [0.1, 0.15) is 11.0 Å². The monoisotopic (exact) mass is 208 g/mol. The van der Waals surface area contributed by atoms with Crippen LogP contribution in [-0.2, 0) is 4.79 Å². The van der Waals surface area contributed by atoms with Gasteiger partial charge in [0.15, 0.2) is 6.10 Å². The standard InChI is InChI=1S/C10H8O3S/c11-9(10(12)13)8-5-6-3-1-2-4-7(6)14-8/h1-5,9,11H,(H,12,13). The van der Waals surface area contributed by atoms with Crippen molar-refractivity contribution in [3.05, 3.63) is 35.2 Å². The van der Waals surface area contributed by atoms with Crippen LogP contribution in [0.4, 0.5) is 0 Å². The highest BCUT2D eigenvalue weighted by atomic mass is 32.1. The minimum absolute atomic E-state index is 0.471. The summed E-state index contributed by atoms with van der Waals surface area (Å²) < 4.78 is 0.989. The summed E-state index contributed by atoms with van der Waals surface area (Å²) in [4.78, 5) is 11.0. The second kappa shape index (κ2) is 3.40. The molecule has 1 atom stereocenters. The predicted octanol–water partition coefficient (Wildman–Crippen LogP) is 2.02. The van der Waals surface area contributed by atoms with Crippen LogP contribution in [0.25, 0.3) is 10.1 Å². The SMILES string of the molecule is O=C(O)C(O)c1cc2ccccc2s1. The summed E-state index contributed by atoms with van der Waals surface area (Å²) in [6.07, 6.45) is -1.41. The smallest absolute Gasteiger partial charge is 0.338 e. The molecular formula is C10H8O3S. The Morgan fingerprint density at radius 1 is 1.36 bits per heavy atom. The predicted molar refractivity (Wildman–Crippen MR) is 54.4 cm³/mol. The van der Waals surface area contributed by atoms with Gasteiger partial charge in [0.1, 0.15) is 0 Å². The molecule has 2 rings (SSSR count). The third-order valence-electron chi connectivity index (χ3n) is 1.95. The molecular weight excluding hydrogens is 200 g/mol. The Kier molecular flexibility index (Phi) is 2.23. The van der Waals surface area contributed by atoms with Crippen molar-refractivity contribution in [3.63, 3.8) is 0 Å². The lowest BCUT2D eigenvalue weighted by Crippen LogP contribution is -2.08. The van der Waals surface area contributed by atoms with E-state index in [1.165, 1.54) is 11.3 Å². The zero-order valence-electron chi connectivity index (χ0n) is 7.18. The molecule has 2 N–H and O–H groups in total. The van der Waals surface area contributed by atoms with Crippen LogP contribution in [-0.4, -0.2) is 16.2 Å². The lowest BCUT2D eigenvalue weighted by Gasteiger charge is -1.99. The molecule has 0 aliphatic carbocycles. The molecule has 0 spiro atoms. The lowest BCUT2D eigenvalue weighted by molar-refractivity contribution is -0.146. The molecule has 1 aromatic heterocycles. The molecule has 0 aliphatic rings. The summed E-state index contributed by atoms with van der Waals surface area (Å²) in [5, 5.41) is 18.9. The molecule has 0 aliphatic heterocycles. The fourth-order valence-electron chi connectivity index (χ4n) is 1.26. The van der Waals surface area contributed by atoms with Gasteiger partial charge in [0, 0.05) is 9.58 Å². The van der Waals surface area contributed by atoms with E-state index < -0.39 is 12.1 Å². The fourth-order valence-corrected chi connectivity index (χ4v) is 2.30. The molecule has 0 saturated carbocycles. The maximum Gasteiger partial charge on any atom is 0.338 e. The summed E-state index contributed by atoms with van der Waals surface area (Å²) in [5.74, 6) is -1.21. The van der Waals surface area contributed by atoms with Crippen molar-refractivity contribution in [2.45, 2.75) is 6.10 Å². The van der Waals surface area contributed by atoms with E-state index in [0.29, 0.717) is 4.88 Å². The van der Waals surface area contributed by atoms with Gasteiger partial charge in [-0.15, -0.1) is 11.3 Å². The number of aliphatic carboxylic acids is 1. The van der Waals surface area contributed by atoms with Crippen LogP contribution < -0.4 is 0 Å². The van der Waals surface area contributed by atoms with Gasteiger partial charge >= 0.3 is 5.97 Å². The molecule has 0 saturated heterocycles. The van der Waals surface area contributed by atoms with Crippen molar-refractivity contribution < 1.29 is 15.0 Å². The number of rotatable bonds is 2. The summed E-state index contributed by atoms with van der Waals surface area (Å²) in [6.45, 7) is 0. The lowest BCUT2D eigenvalue weighted by atomic mass is 10.2. The van der Waals surface area contributed by atoms with Crippen LogP contribution in [0.5, 0.6) is 0 Å². The Labute approximate surface area is 84.2 Å². The maximum atomic E-state index is 10.5. The first-order valence-electron chi connectivity index (χ1n) is 4.08. The Morgan fingerprint density at radius 2 is 2.07 bits per heavy atom. The Morgan fingerprint density at radius 3 is 2.71 bits per heavy atom. The van der Waals surface area contributed by atoms with Crippen molar-refractivity contribution in [2.24, 2.45) is 0 Å². The van der Waals surface area contributed by atoms with E-state index >= 15 is 0 Å². The van der Waals surface area contributed by atoms with E-state index in [-0.39, 0.29) is 0 Å². The number of fused-ring (bicyclic) bond motifs is 1. The van der Waals surface area contributed by atoms with Crippen LogP contribution in [0, 0.1) is 0 Å². The Balaban J connectivity index is 2.50. The van der Waals surface area contributed by atoms with Crippen LogP contribution in [0.15, 0.2) is 30.3 Å². The first kappa shape index (κ1) is 9.18. The van der Waals surface area contributed by atoms with E-state index in [1.807, 2.05) is 24.3 Å². The van der Waals surface area contributed by atoms with Crippen LogP contribution in [0.2, 0.25) is 0 Å². The summed E-state index contributed by atoms with van der Waals surface area (Å²) in [7, 11) is 0. The first-order valence-corrected chi connectivity index (χ1v) is 4.89. The van der Waals surface area contributed by atoms with E-state index in [4.69, 9.17) is 5.11 Å². The van der Waals surface area contributed by atoms with Gasteiger partial charge in [-0.05, 0) is 17.5 Å². The second-order valence-electron chi connectivity index (χ2n) is 2.93. The number of carbonyl (C=O) groups is 1. The first-order chi connectivity index (χ1) is 6.68. The van der Waals surface area contributed by atoms with Crippen molar-refractivity contribution in [1.82, 2.24) is 0 Å². The number of carboxylic acids is 1. The maximum absolute atomic E-state index is 10.5. The van der Waals surface area contributed by atoms with Crippen LogP contribution >= 0.6 is 11.3 Å². The van der Waals surface area contributed by atoms with Gasteiger partial charge < -0.3 is 10.2 Å². The third kappa shape index (κ3) is 1.49. The van der Waals surface area contributed by atoms with Crippen molar-refractivity contribution in [3.8, 4) is 0 Å². The molecule has 0 amide bonds. The van der Waals surface area contributed by atoms with Gasteiger partial charge in [0.2, 0.25) is 0 Å². The van der Waals surface area contributed by atoms with E-state index in [2.05, 4.69) is 0 Å². The van der Waals surface area contributed by atoms with Crippen molar-refractivity contribution in [2.75, 3.05) is 0 Å². The fraction of sp³-hybridized carbons (Fsp3) is 0.100. The molecule has 0 fully saturated rings. The molecule has 1 unspecified atom stereocenters. The highest BCUT2D eigenvalue weighted by Gasteiger charge is 2.18. The third-order valence-corrected chi connectivity index (χ3v) is 3.12. The summed E-state index contributed by atoms with van der Waals surface area (Å²) in [5.41, 5.74) is 0. The Bertz CT molecular complexity index is 442. The van der Waals surface area contributed by atoms with Crippen molar-refractivity contribution in [1.29, 1.82) is 0 Å². The number of benzene rings is 1. The number of carboxylic acid groups (broad SMARTS) is 1. The zero-order valence-corrected chi connectivity index (χ0v) is 7.99. The van der Waals surface area contributed by atoms with Gasteiger partial charge in [-0.2, -0.15) is 0 Å². The van der Waals surface area contributed by atoms with E-state index in [1.54, 1.807) is 6.07 Å². The van der Waals surface area contributed by atoms with E-state index in [0.717, 1.165) is 10.1 Å². The molecule has 1 aromatic carbocycles. The summed E-state index contributed by atoms with van der Waals surface area (Å²) in [6, 6.07) is 9.27. The molecule has 0 radical (unpaired) electrons. The molecule has 72 valence electrons. The molecule has 3 nitrogen and oxygen atoms in total. The van der Waals surface area contributed by atoms with Gasteiger partial charge in [-0.3, -0.25) is 0 Å². The molecule has 1 heterocycles. The number of aliphatic hydroxyl groups is 1.